The van der Waals surface area contributed by atoms with Crippen LogP contribution in [0.1, 0.15) is 57.8 Å². The Hall–Kier alpha value is -1.84. The number of hydrogen-bond donors (Lipinski definition) is 1. The van der Waals surface area contributed by atoms with Gasteiger partial charge in [-0.05, 0) is 18.6 Å². The van der Waals surface area contributed by atoms with Crippen molar-refractivity contribution in [3.8, 4) is 11.4 Å². The Labute approximate surface area is 126 Å². The van der Waals surface area contributed by atoms with Crippen molar-refractivity contribution < 1.29 is 4.52 Å². The molecule has 0 radical (unpaired) electrons. The van der Waals surface area contributed by atoms with Crippen LogP contribution in [0.25, 0.3) is 11.4 Å². The molecule has 2 aromatic rings. The minimum atomic E-state index is 0.589. The van der Waals surface area contributed by atoms with E-state index < -0.39 is 0 Å². The monoisotopic (exact) mass is 287 g/mol. The van der Waals surface area contributed by atoms with Crippen LogP contribution in [0.15, 0.2) is 28.8 Å². The number of aryl methyl sites for hydroxylation is 1. The standard InChI is InChI=1S/C17H25N3O/c1-2-3-4-5-6-7-8-13-16-19-17(20-21-16)14-11-9-10-12-15(14)18/h9-12H,2-8,13,18H2,1H3. The van der Waals surface area contributed by atoms with Crippen LogP contribution in [0.4, 0.5) is 5.69 Å². The Morgan fingerprint density at radius 1 is 1.00 bits per heavy atom. The molecule has 0 atom stereocenters. The second-order valence-corrected chi connectivity index (χ2v) is 5.47. The van der Waals surface area contributed by atoms with Crippen molar-refractivity contribution in [2.75, 3.05) is 5.73 Å². The van der Waals surface area contributed by atoms with Crippen molar-refractivity contribution in [2.24, 2.45) is 0 Å². The minimum absolute atomic E-state index is 0.589. The number of nitrogens with two attached hydrogens (primary N) is 1. The Morgan fingerprint density at radius 3 is 2.48 bits per heavy atom. The Balaban J connectivity index is 1.75. The second-order valence-electron chi connectivity index (χ2n) is 5.47. The van der Waals surface area contributed by atoms with Crippen LogP contribution in [0.2, 0.25) is 0 Å². The first kappa shape index (κ1) is 15.5. The van der Waals surface area contributed by atoms with Gasteiger partial charge in [0.2, 0.25) is 11.7 Å². The zero-order chi connectivity index (χ0) is 14.9. The summed E-state index contributed by atoms with van der Waals surface area (Å²) in [6.45, 7) is 2.24. The van der Waals surface area contributed by atoms with Crippen molar-refractivity contribution in [1.29, 1.82) is 0 Å². The molecule has 1 aromatic carbocycles. The summed E-state index contributed by atoms with van der Waals surface area (Å²) in [5.41, 5.74) is 7.44. The van der Waals surface area contributed by atoms with Gasteiger partial charge in [0.25, 0.3) is 0 Å². The van der Waals surface area contributed by atoms with Gasteiger partial charge in [-0.1, -0.05) is 62.7 Å². The molecule has 1 heterocycles. The number of hydrogen-bond acceptors (Lipinski definition) is 4. The molecule has 0 aliphatic rings. The summed E-state index contributed by atoms with van der Waals surface area (Å²) in [6, 6.07) is 7.59. The molecule has 4 heteroatoms. The van der Waals surface area contributed by atoms with Crippen molar-refractivity contribution >= 4 is 5.69 Å². The van der Waals surface area contributed by atoms with Gasteiger partial charge in [0.1, 0.15) is 0 Å². The van der Waals surface area contributed by atoms with E-state index in [0.717, 1.165) is 18.4 Å². The lowest BCUT2D eigenvalue weighted by Crippen LogP contribution is -1.91. The van der Waals surface area contributed by atoms with E-state index in [4.69, 9.17) is 10.3 Å². The fourth-order valence-corrected chi connectivity index (χ4v) is 2.40. The van der Waals surface area contributed by atoms with E-state index in [9.17, 15) is 0 Å². The van der Waals surface area contributed by atoms with Gasteiger partial charge >= 0.3 is 0 Å². The molecule has 1 aromatic heterocycles. The topological polar surface area (TPSA) is 64.9 Å². The van der Waals surface area contributed by atoms with Crippen LogP contribution >= 0.6 is 0 Å². The van der Waals surface area contributed by atoms with Gasteiger partial charge in [0.15, 0.2) is 0 Å². The zero-order valence-corrected chi connectivity index (χ0v) is 12.8. The average molecular weight is 287 g/mol. The maximum absolute atomic E-state index is 5.92. The fraction of sp³-hybridized carbons (Fsp3) is 0.529. The Bertz CT molecular complexity index is 536. The van der Waals surface area contributed by atoms with Crippen LogP contribution in [-0.4, -0.2) is 10.1 Å². The van der Waals surface area contributed by atoms with Crippen LogP contribution in [0.3, 0.4) is 0 Å². The van der Waals surface area contributed by atoms with Crippen LogP contribution in [-0.2, 0) is 6.42 Å². The van der Waals surface area contributed by atoms with Gasteiger partial charge in [0.05, 0.1) is 0 Å². The molecule has 2 N–H and O–H groups in total. The number of para-hydroxylation sites is 1. The number of aromatic nitrogens is 2. The molecule has 2 rings (SSSR count). The molecule has 4 nitrogen and oxygen atoms in total. The summed E-state index contributed by atoms with van der Waals surface area (Å²) in [5, 5.41) is 4.02. The second kappa shape index (κ2) is 8.45. The number of nitrogen functional groups attached to an aromatic ring is 1. The van der Waals surface area contributed by atoms with Crippen LogP contribution in [0, 0.1) is 0 Å². The molecule has 0 spiro atoms. The maximum Gasteiger partial charge on any atom is 0.226 e. The van der Waals surface area contributed by atoms with Gasteiger partial charge in [-0.2, -0.15) is 4.98 Å². The molecule has 0 fully saturated rings. The SMILES string of the molecule is CCCCCCCCCc1nc(-c2ccccc2N)no1. The third-order valence-corrected chi connectivity index (χ3v) is 3.66. The lowest BCUT2D eigenvalue weighted by atomic mass is 10.1. The highest BCUT2D eigenvalue weighted by Gasteiger charge is 2.10. The van der Waals surface area contributed by atoms with E-state index in [1.807, 2.05) is 24.3 Å². The molecular weight excluding hydrogens is 262 g/mol. The first-order valence-corrected chi connectivity index (χ1v) is 7.98. The van der Waals surface area contributed by atoms with Gasteiger partial charge < -0.3 is 10.3 Å². The molecular formula is C17H25N3O. The summed E-state index contributed by atoms with van der Waals surface area (Å²) < 4.78 is 5.30. The third kappa shape index (κ3) is 4.88. The summed E-state index contributed by atoms with van der Waals surface area (Å²) in [7, 11) is 0. The van der Waals surface area contributed by atoms with E-state index in [1.54, 1.807) is 0 Å². The molecule has 21 heavy (non-hydrogen) atoms. The van der Waals surface area contributed by atoms with Crippen molar-refractivity contribution in [1.82, 2.24) is 10.1 Å². The molecule has 0 aliphatic heterocycles. The smallest absolute Gasteiger partial charge is 0.226 e. The quantitative estimate of drug-likeness (QED) is 0.540. The molecule has 0 bridgehead atoms. The average Bonchev–Trinajstić information content (AvgIpc) is 2.95. The number of unbranched alkanes of at least 4 members (excludes halogenated alkanes) is 6. The number of rotatable bonds is 9. The minimum Gasteiger partial charge on any atom is -0.398 e. The van der Waals surface area contributed by atoms with Gasteiger partial charge in [-0.25, -0.2) is 0 Å². The van der Waals surface area contributed by atoms with Gasteiger partial charge in [-0.15, -0.1) is 0 Å². The predicted octanol–water partition coefficient (Wildman–Crippen LogP) is 4.61. The van der Waals surface area contributed by atoms with E-state index in [1.165, 1.54) is 38.5 Å². The first-order valence-electron chi connectivity index (χ1n) is 7.98. The Kier molecular flexibility index (Phi) is 6.25. The van der Waals surface area contributed by atoms with Crippen LogP contribution < -0.4 is 5.73 Å². The van der Waals surface area contributed by atoms with Crippen molar-refractivity contribution in [2.45, 2.75) is 58.3 Å². The van der Waals surface area contributed by atoms with Gasteiger partial charge in [0, 0.05) is 17.7 Å². The molecule has 0 unspecified atom stereocenters. The molecule has 0 aliphatic carbocycles. The van der Waals surface area contributed by atoms with E-state index >= 15 is 0 Å². The molecule has 0 amide bonds. The largest absolute Gasteiger partial charge is 0.398 e. The zero-order valence-electron chi connectivity index (χ0n) is 12.8. The van der Waals surface area contributed by atoms with Gasteiger partial charge in [-0.3, -0.25) is 0 Å². The summed E-state index contributed by atoms with van der Waals surface area (Å²) in [5.74, 6) is 1.30. The number of benzene rings is 1. The van der Waals surface area contributed by atoms with Crippen LogP contribution in [0.5, 0.6) is 0 Å². The Morgan fingerprint density at radius 2 is 1.71 bits per heavy atom. The predicted molar refractivity (Wildman–Crippen MR) is 85.8 cm³/mol. The van der Waals surface area contributed by atoms with E-state index in [-0.39, 0.29) is 0 Å². The highest BCUT2D eigenvalue weighted by molar-refractivity contribution is 5.70. The maximum atomic E-state index is 5.92. The normalized spacial score (nSPS) is 10.9. The fourth-order valence-electron chi connectivity index (χ4n) is 2.40. The summed E-state index contributed by atoms with van der Waals surface area (Å²) in [6.07, 6.45) is 9.84. The summed E-state index contributed by atoms with van der Waals surface area (Å²) in [4.78, 5) is 4.43. The van der Waals surface area contributed by atoms with E-state index in [0.29, 0.717) is 17.4 Å². The lowest BCUT2D eigenvalue weighted by Gasteiger charge is -1.99. The third-order valence-electron chi connectivity index (χ3n) is 3.66. The molecule has 0 saturated heterocycles. The number of nitrogens with zero attached hydrogens (tertiary/aromatic N) is 2. The van der Waals surface area contributed by atoms with E-state index in [2.05, 4.69) is 17.1 Å². The van der Waals surface area contributed by atoms with Crippen molar-refractivity contribution in [3.05, 3.63) is 30.2 Å². The molecule has 114 valence electrons. The first-order chi connectivity index (χ1) is 10.3. The van der Waals surface area contributed by atoms with Crippen molar-refractivity contribution in [3.63, 3.8) is 0 Å². The highest BCUT2D eigenvalue weighted by Crippen LogP contribution is 2.22. The summed E-state index contributed by atoms with van der Waals surface area (Å²) >= 11 is 0. The number of anilines is 1. The molecule has 0 saturated carbocycles. The highest BCUT2D eigenvalue weighted by atomic mass is 16.5. The lowest BCUT2D eigenvalue weighted by molar-refractivity contribution is 0.373.